The number of cyclic esters (lactones) is 1. The molecule has 1 fully saturated rings. The normalized spacial score (nSPS) is 22.4. The first-order valence-electron chi connectivity index (χ1n) is 4.86. The van der Waals surface area contributed by atoms with Gasteiger partial charge in [-0.1, -0.05) is 27.7 Å². The largest absolute Gasteiger partial charge is 0.447 e. The Bertz CT molecular complexity index is 255. The summed E-state index contributed by atoms with van der Waals surface area (Å²) in [6.45, 7) is 8.04. The Kier molecular flexibility index (Phi) is 2.83. The highest BCUT2D eigenvalue weighted by atomic mass is 16.6. The summed E-state index contributed by atoms with van der Waals surface area (Å²) in [5, 5.41) is 0. The van der Waals surface area contributed by atoms with Gasteiger partial charge in [-0.3, -0.25) is 4.79 Å². The molecule has 4 heteroatoms. The molecule has 0 aromatic heterocycles. The zero-order valence-electron chi connectivity index (χ0n) is 9.16. The van der Waals surface area contributed by atoms with E-state index in [1.165, 1.54) is 4.90 Å². The Labute approximate surface area is 84.2 Å². The Morgan fingerprint density at radius 3 is 2.57 bits per heavy atom. The van der Waals surface area contributed by atoms with E-state index in [0.717, 1.165) is 0 Å². The third-order valence-electron chi connectivity index (χ3n) is 2.44. The number of carbonyl (C=O) groups excluding carboxylic acids is 2. The Hall–Kier alpha value is -1.06. The molecule has 1 heterocycles. The minimum absolute atomic E-state index is 0.128. The van der Waals surface area contributed by atoms with Crippen molar-refractivity contribution in [1.82, 2.24) is 4.90 Å². The predicted molar refractivity (Wildman–Crippen MR) is 51.7 cm³/mol. The molecule has 1 aliphatic rings. The number of hydrogen-bond donors (Lipinski definition) is 0. The molecule has 0 aromatic rings. The highest BCUT2D eigenvalue weighted by molar-refractivity contribution is 5.93. The Morgan fingerprint density at radius 1 is 1.57 bits per heavy atom. The second-order valence-electron chi connectivity index (χ2n) is 4.58. The number of hydrogen-bond acceptors (Lipinski definition) is 3. The number of amides is 2. The van der Waals surface area contributed by atoms with Gasteiger partial charge in [0.05, 0.1) is 6.04 Å². The van der Waals surface area contributed by atoms with Crippen LogP contribution in [-0.4, -0.2) is 29.5 Å². The smallest absolute Gasteiger partial charge is 0.416 e. The van der Waals surface area contributed by atoms with E-state index in [1.54, 1.807) is 6.92 Å². The predicted octanol–water partition coefficient (Wildman–Crippen LogP) is 1.79. The van der Waals surface area contributed by atoms with Crippen LogP contribution in [0.25, 0.3) is 0 Å². The van der Waals surface area contributed by atoms with E-state index < -0.39 is 6.09 Å². The van der Waals surface area contributed by atoms with Crippen molar-refractivity contribution in [2.24, 2.45) is 5.41 Å². The Morgan fingerprint density at radius 2 is 2.14 bits per heavy atom. The van der Waals surface area contributed by atoms with Crippen LogP contribution in [0.4, 0.5) is 4.79 Å². The topological polar surface area (TPSA) is 46.6 Å². The molecule has 80 valence electrons. The molecule has 1 aliphatic heterocycles. The molecule has 1 atom stereocenters. The van der Waals surface area contributed by atoms with E-state index in [9.17, 15) is 9.59 Å². The van der Waals surface area contributed by atoms with Gasteiger partial charge in [-0.15, -0.1) is 0 Å². The zero-order valence-corrected chi connectivity index (χ0v) is 9.16. The fraction of sp³-hybridized carbons (Fsp3) is 0.800. The highest BCUT2D eigenvalue weighted by Crippen LogP contribution is 2.29. The van der Waals surface area contributed by atoms with Crippen LogP contribution in [0.5, 0.6) is 0 Å². The number of nitrogens with zero attached hydrogens (tertiary/aromatic N) is 1. The molecule has 0 N–H and O–H groups in total. The van der Waals surface area contributed by atoms with E-state index in [0.29, 0.717) is 13.0 Å². The molecular formula is C10H17NO3. The molecule has 1 saturated heterocycles. The van der Waals surface area contributed by atoms with Gasteiger partial charge in [0, 0.05) is 6.42 Å². The zero-order chi connectivity index (χ0) is 10.9. The van der Waals surface area contributed by atoms with Crippen LogP contribution in [0.2, 0.25) is 0 Å². The average molecular weight is 199 g/mol. The summed E-state index contributed by atoms with van der Waals surface area (Å²) in [5.74, 6) is -0.160. The molecular weight excluding hydrogens is 182 g/mol. The van der Waals surface area contributed by atoms with E-state index >= 15 is 0 Å². The van der Waals surface area contributed by atoms with Gasteiger partial charge in [0.2, 0.25) is 5.91 Å². The summed E-state index contributed by atoms with van der Waals surface area (Å²) >= 11 is 0. The van der Waals surface area contributed by atoms with Crippen molar-refractivity contribution in [2.45, 2.75) is 40.2 Å². The van der Waals surface area contributed by atoms with Crippen molar-refractivity contribution < 1.29 is 14.3 Å². The standard InChI is InChI=1S/C10H17NO3/c1-5-8(12)11-7(10(2,3)4)6-14-9(11)13/h7H,5-6H2,1-4H3/t7-/m1/s1. The molecule has 4 nitrogen and oxygen atoms in total. The SMILES string of the molecule is CCC(=O)N1C(=O)OC[C@@H]1C(C)(C)C. The number of carbonyl (C=O) groups is 2. The van der Waals surface area contributed by atoms with Gasteiger partial charge < -0.3 is 4.74 Å². The first-order chi connectivity index (χ1) is 6.38. The molecule has 0 radical (unpaired) electrons. The number of ether oxygens (including phenoxy) is 1. The molecule has 0 unspecified atom stereocenters. The summed E-state index contributed by atoms with van der Waals surface area (Å²) in [4.78, 5) is 24.1. The van der Waals surface area contributed by atoms with Crippen molar-refractivity contribution in [3.05, 3.63) is 0 Å². The van der Waals surface area contributed by atoms with E-state index in [2.05, 4.69) is 0 Å². The summed E-state index contributed by atoms with van der Waals surface area (Å²) in [7, 11) is 0. The lowest BCUT2D eigenvalue weighted by atomic mass is 9.86. The van der Waals surface area contributed by atoms with Crippen LogP contribution in [0.1, 0.15) is 34.1 Å². The fourth-order valence-corrected chi connectivity index (χ4v) is 1.50. The third kappa shape index (κ3) is 1.89. The van der Waals surface area contributed by atoms with Crippen molar-refractivity contribution in [3.8, 4) is 0 Å². The molecule has 0 aliphatic carbocycles. The third-order valence-corrected chi connectivity index (χ3v) is 2.44. The number of rotatable bonds is 1. The van der Waals surface area contributed by atoms with Crippen molar-refractivity contribution >= 4 is 12.0 Å². The minimum atomic E-state index is -0.503. The summed E-state index contributed by atoms with van der Waals surface area (Å²) < 4.78 is 4.89. The van der Waals surface area contributed by atoms with E-state index in [4.69, 9.17) is 4.74 Å². The van der Waals surface area contributed by atoms with Gasteiger partial charge in [0.15, 0.2) is 0 Å². The van der Waals surface area contributed by atoms with Crippen LogP contribution < -0.4 is 0 Å². The second kappa shape index (κ2) is 3.59. The molecule has 0 saturated carbocycles. The lowest BCUT2D eigenvalue weighted by molar-refractivity contribution is -0.130. The lowest BCUT2D eigenvalue weighted by Gasteiger charge is -2.30. The van der Waals surface area contributed by atoms with Gasteiger partial charge in [-0.2, -0.15) is 0 Å². The second-order valence-corrected chi connectivity index (χ2v) is 4.58. The number of imide groups is 1. The summed E-state index contributed by atoms with van der Waals surface area (Å²) in [5.41, 5.74) is -0.128. The fourth-order valence-electron chi connectivity index (χ4n) is 1.50. The molecule has 2 amide bonds. The average Bonchev–Trinajstić information content (AvgIpc) is 2.45. The summed E-state index contributed by atoms with van der Waals surface area (Å²) in [6, 6.07) is -0.137. The Balaban J connectivity index is 2.88. The first-order valence-corrected chi connectivity index (χ1v) is 4.86. The highest BCUT2D eigenvalue weighted by Gasteiger charge is 2.43. The van der Waals surface area contributed by atoms with Gasteiger partial charge in [-0.25, -0.2) is 9.69 Å². The summed E-state index contributed by atoms with van der Waals surface area (Å²) in [6.07, 6.45) is -0.168. The van der Waals surface area contributed by atoms with Crippen molar-refractivity contribution in [3.63, 3.8) is 0 Å². The van der Waals surface area contributed by atoms with E-state index in [-0.39, 0.29) is 17.4 Å². The molecule has 0 aromatic carbocycles. The van der Waals surface area contributed by atoms with Crippen LogP contribution in [0.3, 0.4) is 0 Å². The van der Waals surface area contributed by atoms with Gasteiger partial charge in [-0.05, 0) is 5.41 Å². The molecule has 0 spiro atoms. The lowest BCUT2D eigenvalue weighted by Crippen LogP contribution is -2.45. The maximum atomic E-state index is 11.5. The molecule has 14 heavy (non-hydrogen) atoms. The minimum Gasteiger partial charge on any atom is -0.447 e. The van der Waals surface area contributed by atoms with Gasteiger partial charge >= 0.3 is 6.09 Å². The van der Waals surface area contributed by atoms with Crippen LogP contribution in [0, 0.1) is 5.41 Å². The quantitative estimate of drug-likeness (QED) is 0.646. The maximum Gasteiger partial charge on any atom is 0.416 e. The van der Waals surface area contributed by atoms with Crippen LogP contribution >= 0.6 is 0 Å². The molecule has 0 bridgehead atoms. The van der Waals surface area contributed by atoms with Crippen molar-refractivity contribution in [1.29, 1.82) is 0 Å². The van der Waals surface area contributed by atoms with Crippen molar-refractivity contribution in [2.75, 3.05) is 6.61 Å². The monoisotopic (exact) mass is 199 g/mol. The molecule has 1 rings (SSSR count). The van der Waals surface area contributed by atoms with E-state index in [1.807, 2.05) is 20.8 Å². The van der Waals surface area contributed by atoms with Gasteiger partial charge in [0.25, 0.3) is 0 Å². The maximum absolute atomic E-state index is 11.5. The van der Waals surface area contributed by atoms with Gasteiger partial charge in [0.1, 0.15) is 6.61 Å². The van der Waals surface area contributed by atoms with Crippen LogP contribution in [0.15, 0.2) is 0 Å². The first kappa shape index (κ1) is 11.0. The van der Waals surface area contributed by atoms with Crippen LogP contribution in [-0.2, 0) is 9.53 Å².